The number of carbonyl (C=O) groups excluding carboxylic acids is 1. The van der Waals surface area contributed by atoms with Crippen LogP contribution in [0.15, 0.2) is 0 Å². The summed E-state index contributed by atoms with van der Waals surface area (Å²) in [5.41, 5.74) is 5.24. The Kier molecular flexibility index (Phi) is 3.19. The quantitative estimate of drug-likeness (QED) is 0.707. The van der Waals surface area contributed by atoms with Crippen molar-refractivity contribution >= 4 is 5.91 Å². The zero-order valence-electron chi connectivity index (χ0n) is 9.94. The van der Waals surface area contributed by atoms with E-state index in [9.17, 15) is 4.79 Å². The molecule has 2 aliphatic rings. The summed E-state index contributed by atoms with van der Waals surface area (Å²) in [4.78, 5) is 14.0. The lowest BCUT2D eigenvalue weighted by Crippen LogP contribution is -2.58. The second-order valence-corrected chi connectivity index (χ2v) is 4.81. The normalized spacial score (nSPS) is 38.9. The van der Waals surface area contributed by atoms with Gasteiger partial charge in [0.1, 0.15) is 5.54 Å². The minimum absolute atomic E-state index is 0.0210. The predicted octanol–water partition coefficient (Wildman–Crippen LogP) is -0.260. The number of ether oxygens (including phenoxy) is 2. The molecule has 2 fully saturated rings. The van der Waals surface area contributed by atoms with Crippen LogP contribution in [-0.2, 0) is 14.3 Å². The number of likely N-dealkylation sites (N-methyl/N-ethyl adjacent to an activating group) is 1. The van der Waals surface area contributed by atoms with Crippen LogP contribution in [0.25, 0.3) is 0 Å². The first-order chi connectivity index (χ1) is 7.54. The van der Waals surface area contributed by atoms with E-state index in [1.807, 2.05) is 14.0 Å². The van der Waals surface area contributed by atoms with Crippen LogP contribution >= 0.6 is 0 Å². The Labute approximate surface area is 95.9 Å². The Morgan fingerprint density at radius 3 is 2.75 bits per heavy atom. The van der Waals surface area contributed by atoms with Gasteiger partial charge in [0.05, 0.1) is 18.8 Å². The average Bonchev–Trinajstić information content (AvgIpc) is 2.86. The van der Waals surface area contributed by atoms with Gasteiger partial charge in [-0.05, 0) is 19.8 Å². The largest absolute Gasteiger partial charge is 0.379 e. The molecule has 3 unspecified atom stereocenters. The molecule has 2 aliphatic heterocycles. The molecule has 0 saturated carbocycles. The Bertz CT molecular complexity index is 276. The van der Waals surface area contributed by atoms with Gasteiger partial charge in [-0.15, -0.1) is 0 Å². The van der Waals surface area contributed by atoms with E-state index < -0.39 is 5.54 Å². The minimum Gasteiger partial charge on any atom is -0.379 e. The molecule has 0 spiro atoms. The molecule has 2 rings (SSSR count). The smallest absolute Gasteiger partial charge is 0.245 e. The van der Waals surface area contributed by atoms with Crippen LogP contribution in [-0.4, -0.2) is 55.4 Å². The van der Waals surface area contributed by atoms with Crippen molar-refractivity contribution in [1.29, 1.82) is 0 Å². The van der Waals surface area contributed by atoms with Crippen molar-refractivity contribution < 1.29 is 14.3 Å². The molecule has 0 aliphatic carbocycles. The molecule has 92 valence electrons. The van der Waals surface area contributed by atoms with Crippen LogP contribution < -0.4 is 5.73 Å². The lowest BCUT2D eigenvalue weighted by Gasteiger charge is -2.33. The molecule has 5 nitrogen and oxygen atoms in total. The van der Waals surface area contributed by atoms with Crippen molar-refractivity contribution in [2.24, 2.45) is 5.73 Å². The van der Waals surface area contributed by atoms with Crippen molar-refractivity contribution in [2.75, 3.05) is 26.9 Å². The summed E-state index contributed by atoms with van der Waals surface area (Å²) in [5, 5.41) is 0. The number of hydrogen-bond donors (Lipinski definition) is 1. The maximum Gasteiger partial charge on any atom is 0.245 e. The molecule has 0 radical (unpaired) electrons. The Morgan fingerprint density at radius 2 is 2.25 bits per heavy atom. The SMILES string of the molecule is CC1OCCC1N(C)C(=O)C1(N)CCOC1. The summed E-state index contributed by atoms with van der Waals surface area (Å²) in [6, 6.07) is 0.147. The van der Waals surface area contributed by atoms with Gasteiger partial charge in [0.2, 0.25) is 5.91 Å². The zero-order valence-corrected chi connectivity index (χ0v) is 9.94. The molecule has 2 heterocycles. The van der Waals surface area contributed by atoms with Gasteiger partial charge < -0.3 is 20.1 Å². The number of rotatable bonds is 2. The molecular formula is C11H20N2O3. The highest BCUT2D eigenvalue weighted by molar-refractivity contribution is 5.86. The maximum absolute atomic E-state index is 12.3. The first-order valence-electron chi connectivity index (χ1n) is 5.80. The van der Waals surface area contributed by atoms with E-state index in [1.165, 1.54) is 0 Å². The van der Waals surface area contributed by atoms with E-state index in [0.717, 1.165) is 13.0 Å². The highest BCUT2D eigenvalue weighted by atomic mass is 16.5. The average molecular weight is 228 g/mol. The second kappa shape index (κ2) is 4.31. The molecule has 5 heteroatoms. The van der Waals surface area contributed by atoms with E-state index in [0.29, 0.717) is 19.6 Å². The van der Waals surface area contributed by atoms with Crippen LogP contribution in [0.2, 0.25) is 0 Å². The standard InChI is InChI=1S/C11H20N2O3/c1-8-9(3-5-16-8)13(2)10(14)11(12)4-6-15-7-11/h8-9H,3-7,12H2,1-2H3. The third-order valence-electron chi connectivity index (χ3n) is 3.63. The van der Waals surface area contributed by atoms with Crippen LogP contribution in [0.5, 0.6) is 0 Å². The molecule has 2 N–H and O–H groups in total. The van der Waals surface area contributed by atoms with Crippen molar-refractivity contribution in [3.8, 4) is 0 Å². The fourth-order valence-electron chi connectivity index (χ4n) is 2.48. The fourth-order valence-corrected chi connectivity index (χ4v) is 2.48. The first-order valence-corrected chi connectivity index (χ1v) is 5.80. The molecule has 2 saturated heterocycles. The third kappa shape index (κ3) is 1.95. The highest BCUT2D eigenvalue weighted by Crippen LogP contribution is 2.24. The minimum atomic E-state index is -0.822. The van der Waals surface area contributed by atoms with Crippen molar-refractivity contribution in [3.05, 3.63) is 0 Å². The molecule has 0 aromatic carbocycles. The third-order valence-corrected chi connectivity index (χ3v) is 3.63. The van der Waals surface area contributed by atoms with Gasteiger partial charge in [-0.25, -0.2) is 0 Å². The van der Waals surface area contributed by atoms with Gasteiger partial charge in [-0.2, -0.15) is 0 Å². The van der Waals surface area contributed by atoms with Gasteiger partial charge in [0.25, 0.3) is 0 Å². The van der Waals surface area contributed by atoms with Crippen molar-refractivity contribution in [3.63, 3.8) is 0 Å². The van der Waals surface area contributed by atoms with Crippen LogP contribution in [0.1, 0.15) is 19.8 Å². The maximum atomic E-state index is 12.3. The number of carbonyl (C=O) groups is 1. The van der Waals surface area contributed by atoms with Crippen LogP contribution in [0.3, 0.4) is 0 Å². The van der Waals surface area contributed by atoms with Gasteiger partial charge in [0, 0.05) is 20.3 Å². The van der Waals surface area contributed by atoms with Crippen LogP contribution in [0, 0.1) is 0 Å². The van der Waals surface area contributed by atoms with E-state index >= 15 is 0 Å². The monoisotopic (exact) mass is 228 g/mol. The molecule has 3 atom stereocenters. The number of amides is 1. The highest BCUT2D eigenvalue weighted by Gasteiger charge is 2.43. The summed E-state index contributed by atoms with van der Waals surface area (Å²) in [6.07, 6.45) is 1.60. The van der Waals surface area contributed by atoms with Gasteiger partial charge in [0.15, 0.2) is 0 Å². The predicted molar refractivity (Wildman–Crippen MR) is 58.9 cm³/mol. The molecule has 0 aromatic heterocycles. The lowest BCUT2D eigenvalue weighted by atomic mass is 9.97. The summed E-state index contributed by atoms with van der Waals surface area (Å²) in [7, 11) is 1.81. The molecule has 0 bridgehead atoms. The zero-order chi connectivity index (χ0) is 11.8. The number of nitrogens with two attached hydrogens (primary N) is 1. The number of hydrogen-bond acceptors (Lipinski definition) is 4. The van der Waals surface area contributed by atoms with Gasteiger partial charge in [-0.3, -0.25) is 4.79 Å². The molecule has 1 amide bonds. The van der Waals surface area contributed by atoms with Crippen molar-refractivity contribution in [1.82, 2.24) is 4.90 Å². The Balaban J connectivity index is 2.03. The topological polar surface area (TPSA) is 64.8 Å². The van der Waals surface area contributed by atoms with E-state index in [4.69, 9.17) is 15.2 Å². The first kappa shape index (κ1) is 11.8. The molecule has 16 heavy (non-hydrogen) atoms. The summed E-state index contributed by atoms with van der Waals surface area (Å²) in [6.45, 7) is 3.62. The van der Waals surface area contributed by atoms with E-state index in [1.54, 1.807) is 4.90 Å². The number of nitrogens with zero attached hydrogens (tertiary/aromatic N) is 1. The Morgan fingerprint density at radius 1 is 1.50 bits per heavy atom. The fraction of sp³-hybridized carbons (Fsp3) is 0.909. The van der Waals surface area contributed by atoms with E-state index in [-0.39, 0.29) is 18.1 Å². The second-order valence-electron chi connectivity index (χ2n) is 4.81. The van der Waals surface area contributed by atoms with E-state index in [2.05, 4.69) is 0 Å². The van der Waals surface area contributed by atoms with Crippen LogP contribution in [0.4, 0.5) is 0 Å². The lowest BCUT2D eigenvalue weighted by molar-refractivity contribution is -0.138. The van der Waals surface area contributed by atoms with Gasteiger partial charge >= 0.3 is 0 Å². The Hall–Kier alpha value is -0.650. The van der Waals surface area contributed by atoms with Gasteiger partial charge in [-0.1, -0.05) is 0 Å². The summed E-state index contributed by atoms with van der Waals surface area (Å²) < 4.78 is 10.7. The summed E-state index contributed by atoms with van der Waals surface area (Å²) >= 11 is 0. The molecular weight excluding hydrogens is 208 g/mol. The molecule has 0 aromatic rings. The summed E-state index contributed by atoms with van der Waals surface area (Å²) in [5.74, 6) is -0.0210. The van der Waals surface area contributed by atoms with Crippen molar-refractivity contribution in [2.45, 2.75) is 37.5 Å².